The van der Waals surface area contributed by atoms with Gasteiger partial charge in [0.15, 0.2) is 0 Å². The largest absolute Gasteiger partial charge is 0.466 e. The summed E-state index contributed by atoms with van der Waals surface area (Å²) >= 11 is 0. The maximum atomic E-state index is 15.2. The molecule has 8 heteroatoms. The van der Waals surface area contributed by atoms with Gasteiger partial charge in [0.2, 0.25) is 0 Å². The van der Waals surface area contributed by atoms with E-state index in [1.165, 1.54) is 11.0 Å². The molecule has 2 amide bonds. The van der Waals surface area contributed by atoms with Crippen LogP contribution in [0.3, 0.4) is 0 Å². The van der Waals surface area contributed by atoms with E-state index in [1.807, 2.05) is 43.3 Å². The molecule has 0 aromatic heterocycles. The molecule has 0 aliphatic carbocycles. The summed E-state index contributed by atoms with van der Waals surface area (Å²) in [7, 11) is 1.12. The fraction of sp³-hybridized carbons (Fsp3) is 0.147. The minimum Gasteiger partial charge on any atom is -0.466 e. The van der Waals surface area contributed by atoms with Crippen LogP contribution in [-0.2, 0) is 9.53 Å². The number of alkyl halides is 2. The third-order valence-electron chi connectivity index (χ3n) is 7.13. The molecule has 0 radical (unpaired) electrons. The van der Waals surface area contributed by atoms with Crippen molar-refractivity contribution >= 4 is 34.7 Å². The quantitative estimate of drug-likeness (QED) is 0.206. The monoisotopic (exact) mass is 566 g/mol. The van der Waals surface area contributed by atoms with E-state index in [4.69, 9.17) is 0 Å². The van der Waals surface area contributed by atoms with Gasteiger partial charge in [-0.25, -0.2) is 13.6 Å². The van der Waals surface area contributed by atoms with Crippen molar-refractivity contribution in [2.75, 3.05) is 23.9 Å². The van der Waals surface area contributed by atoms with E-state index in [2.05, 4.69) is 10.1 Å². The smallest absolute Gasteiger partial charge is 0.330 e. The molecular formula is C34H28F2N2O4. The van der Waals surface area contributed by atoms with Gasteiger partial charge in [-0.15, -0.1) is 0 Å². The van der Waals surface area contributed by atoms with Crippen LogP contribution in [0.5, 0.6) is 0 Å². The van der Waals surface area contributed by atoms with Crippen LogP contribution in [0.4, 0.5) is 20.2 Å². The Hall–Kier alpha value is -5.11. The van der Waals surface area contributed by atoms with Gasteiger partial charge in [-0.05, 0) is 54.4 Å². The number of para-hydroxylation sites is 1. The number of hydrogen-bond acceptors (Lipinski definition) is 4. The predicted octanol–water partition coefficient (Wildman–Crippen LogP) is 7.16. The molecule has 0 bridgehead atoms. The van der Waals surface area contributed by atoms with E-state index in [-0.39, 0.29) is 29.3 Å². The molecule has 4 aromatic rings. The SMILES string of the molecule is COC(=O)/C=C1/c2ccccc2N(C(=O)c2ccc(NC(=O)c3ccccc3-c3cccc(C)c3)cc2)CCC1(F)F. The van der Waals surface area contributed by atoms with Gasteiger partial charge in [-0.2, -0.15) is 0 Å². The van der Waals surface area contributed by atoms with Gasteiger partial charge in [0.1, 0.15) is 0 Å². The molecule has 4 aromatic carbocycles. The zero-order chi connectivity index (χ0) is 29.9. The fourth-order valence-corrected chi connectivity index (χ4v) is 5.01. The standard InChI is InChI=1S/C34H28F2N2O4/c1-22-8-7-9-24(20-22)26-10-3-4-11-27(26)32(40)37-25-16-14-23(15-17-25)33(41)38-19-18-34(35,36)29(21-31(39)42-2)28-12-5-6-13-30(28)38/h3-17,20-21H,18-19H2,1-2H3,(H,37,40)/b29-21-. The number of carbonyl (C=O) groups excluding carboxylic acids is 3. The third-order valence-corrected chi connectivity index (χ3v) is 7.13. The van der Waals surface area contributed by atoms with Gasteiger partial charge in [0.05, 0.1) is 12.8 Å². The summed E-state index contributed by atoms with van der Waals surface area (Å²) in [5.74, 6) is -5.05. The van der Waals surface area contributed by atoms with Gasteiger partial charge >= 0.3 is 5.97 Å². The molecular weight excluding hydrogens is 538 g/mol. The molecule has 0 saturated carbocycles. The number of halogens is 2. The number of amides is 2. The van der Waals surface area contributed by atoms with Crippen molar-refractivity contribution in [1.82, 2.24) is 0 Å². The Morgan fingerprint density at radius 2 is 1.57 bits per heavy atom. The summed E-state index contributed by atoms with van der Waals surface area (Å²) in [6, 6.07) is 27.7. The Balaban J connectivity index is 1.39. The van der Waals surface area contributed by atoms with E-state index in [1.54, 1.807) is 54.6 Å². The Morgan fingerprint density at radius 3 is 2.29 bits per heavy atom. The Labute approximate surface area is 242 Å². The van der Waals surface area contributed by atoms with Crippen LogP contribution in [-0.4, -0.2) is 37.4 Å². The van der Waals surface area contributed by atoms with Gasteiger partial charge in [0.25, 0.3) is 17.7 Å². The lowest BCUT2D eigenvalue weighted by atomic mass is 9.97. The number of rotatable bonds is 5. The first-order valence-electron chi connectivity index (χ1n) is 13.3. The molecule has 42 heavy (non-hydrogen) atoms. The second-order valence-electron chi connectivity index (χ2n) is 9.96. The number of allylic oxidation sites excluding steroid dienone is 1. The van der Waals surface area contributed by atoms with E-state index in [0.29, 0.717) is 11.3 Å². The summed E-state index contributed by atoms with van der Waals surface area (Å²) < 4.78 is 34.9. The van der Waals surface area contributed by atoms with E-state index < -0.39 is 29.8 Å². The van der Waals surface area contributed by atoms with Crippen molar-refractivity contribution in [1.29, 1.82) is 0 Å². The number of nitrogens with one attached hydrogen (secondary N) is 1. The molecule has 0 saturated heterocycles. The molecule has 0 unspecified atom stereocenters. The van der Waals surface area contributed by atoms with Crippen molar-refractivity contribution in [2.45, 2.75) is 19.3 Å². The average molecular weight is 567 g/mol. The van der Waals surface area contributed by atoms with Crippen molar-refractivity contribution in [2.24, 2.45) is 0 Å². The first-order valence-corrected chi connectivity index (χ1v) is 13.3. The highest BCUT2D eigenvalue weighted by Crippen LogP contribution is 2.43. The van der Waals surface area contributed by atoms with E-state index >= 15 is 8.78 Å². The maximum Gasteiger partial charge on any atom is 0.330 e. The third kappa shape index (κ3) is 5.83. The summed E-state index contributed by atoms with van der Waals surface area (Å²) in [6.45, 7) is 1.72. The summed E-state index contributed by atoms with van der Waals surface area (Å²) in [5, 5.41) is 2.88. The van der Waals surface area contributed by atoms with Gasteiger partial charge < -0.3 is 15.0 Å². The van der Waals surface area contributed by atoms with Crippen LogP contribution in [0, 0.1) is 6.92 Å². The molecule has 1 heterocycles. The molecule has 1 N–H and O–H groups in total. The molecule has 212 valence electrons. The van der Waals surface area contributed by atoms with Crippen LogP contribution in [0.25, 0.3) is 16.7 Å². The van der Waals surface area contributed by atoms with Crippen LogP contribution < -0.4 is 10.2 Å². The maximum absolute atomic E-state index is 15.2. The number of aryl methyl sites for hydroxylation is 1. The highest BCUT2D eigenvalue weighted by atomic mass is 19.3. The van der Waals surface area contributed by atoms with Gasteiger partial charge in [0, 0.05) is 47.0 Å². The van der Waals surface area contributed by atoms with Crippen molar-refractivity contribution in [3.8, 4) is 11.1 Å². The first-order chi connectivity index (χ1) is 20.2. The number of methoxy groups -OCH3 is 1. The average Bonchev–Trinajstić information content (AvgIpc) is 3.10. The number of ether oxygens (including phenoxy) is 1. The van der Waals surface area contributed by atoms with Crippen LogP contribution in [0.2, 0.25) is 0 Å². The van der Waals surface area contributed by atoms with Gasteiger partial charge in [-0.3, -0.25) is 9.59 Å². The van der Waals surface area contributed by atoms with Crippen LogP contribution in [0.1, 0.15) is 38.3 Å². The molecule has 5 rings (SSSR count). The number of nitrogens with zero attached hydrogens (tertiary/aromatic N) is 1. The zero-order valence-electron chi connectivity index (χ0n) is 23.1. The topological polar surface area (TPSA) is 75.7 Å². The summed E-state index contributed by atoms with van der Waals surface area (Å²) in [5.41, 5.74) is 3.88. The Kier molecular flexibility index (Phi) is 7.97. The lowest BCUT2D eigenvalue weighted by molar-refractivity contribution is -0.134. The molecule has 0 atom stereocenters. The number of fused-ring (bicyclic) bond motifs is 1. The van der Waals surface area contributed by atoms with Crippen molar-refractivity contribution in [3.63, 3.8) is 0 Å². The molecule has 1 aliphatic rings. The van der Waals surface area contributed by atoms with Crippen molar-refractivity contribution < 1.29 is 27.9 Å². The second-order valence-corrected chi connectivity index (χ2v) is 9.96. The van der Waals surface area contributed by atoms with Gasteiger partial charge in [-0.1, -0.05) is 66.2 Å². The molecule has 1 aliphatic heterocycles. The number of carbonyl (C=O) groups is 3. The van der Waals surface area contributed by atoms with E-state index in [0.717, 1.165) is 29.9 Å². The number of esters is 1. The Morgan fingerprint density at radius 1 is 0.881 bits per heavy atom. The molecule has 0 fully saturated rings. The van der Waals surface area contributed by atoms with E-state index in [9.17, 15) is 14.4 Å². The van der Waals surface area contributed by atoms with Crippen LogP contribution in [0.15, 0.2) is 103 Å². The molecule has 0 spiro atoms. The zero-order valence-corrected chi connectivity index (χ0v) is 23.1. The minimum atomic E-state index is -3.36. The molecule has 6 nitrogen and oxygen atoms in total. The number of hydrogen-bond donors (Lipinski definition) is 1. The predicted molar refractivity (Wildman–Crippen MR) is 159 cm³/mol. The summed E-state index contributed by atoms with van der Waals surface area (Å²) in [4.78, 5) is 40.0. The first kappa shape index (κ1) is 28.4. The lowest BCUT2D eigenvalue weighted by Crippen LogP contribution is -2.33. The number of benzene rings is 4. The van der Waals surface area contributed by atoms with Crippen LogP contribution >= 0.6 is 0 Å². The highest BCUT2D eigenvalue weighted by molar-refractivity contribution is 6.10. The fourth-order valence-electron chi connectivity index (χ4n) is 5.01. The Bertz CT molecular complexity index is 1700. The second kappa shape index (κ2) is 11.8. The normalized spacial score (nSPS) is 15.0. The minimum absolute atomic E-state index is 0.0786. The summed E-state index contributed by atoms with van der Waals surface area (Å²) in [6.07, 6.45) is 0.103. The van der Waals surface area contributed by atoms with Crippen molar-refractivity contribution in [3.05, 3.63) is 125 Å². The lowest BCUT2D eigenvalue weighted by Gasteiger charge is -2.23. The highest BCUT2D eigenvalue weighted by Gasteiger charge is 2.41. The number of anilines is 2.